The Morgan fingerprint density at radius 2 is 1.73 bits per heavy atom. The van der Waals surface area contributed by atoms with Gasteiger partial charge in [-0.25, -0.2) is 0 Å². The number of rotatable bonds is 13. The fourth-order valence-corrected chi connectivity index (χ4v) is 7.97. The molecule has 1 aliphatic heterocycles. The van der Waals surface area contributed by atoms with Crippen molar-refractivity contribution in [3.63, 3.8) is 0 Å². The normalized spacial score (nSPS) is 19.2. The van der Waals surface area contributed by atoms with Gasteiger partial charge in [-0.15, -0.1) is 11.8 Å². The van der Waals surface area contributed by atoms with Gasteiger partial charge in [0.05, 0.1) is 4.91 Å². The van der Waals surface area contributed by atoms with E-state index in [0.29, 0.717) is 23.9 Å². The van der Waals surface area contributed by atoms with Gasteiger partial charge in [0.15, 0.2) is 0 Å². The smallest absolute Gasteiger partial charge is 0.260 e. The molecule has 5 rings (SSSR count). The summed E-state index contributed by atoms with van der Waals surface area (Å²) in [6.45, 7) is 10.8. The van der Waals surface area contributed by atoms with Crippen molar-refractivity contribution in [1.82, 2.24) is 15.1 Å². The van der Waals surface area contributed by atoms with Crippen LogP contribution in [-0.4, -0.2) is 52.5 Å². The highest BCUT2D eigenvalue weighted by atomic mass is 32.2. The molecule has 0 spiro atoms. The van der Waals surface area contributed by atoms with Gasteiger partial charge in [0.25, 0.3) is 11.8 Å². The average Bonchev–Trinajstić information content (AvgIpc) is 3.06. The fourth-order valence-electron chi connectivity index (χ4n) is 6.50. The summed E-state index contributed by atoms with van der Waals surface area (Å²) in [5.41, 5.74) is 6.63. The van der Waals surface area contributed by atoms with Crippen molar-refractivity contribution in [2.45, 2.75) is 90.1 Å². The lowest BCUT2D eigenvalue weighted by molar-refractivity contribution is -0.130. The maximum atomic E-state index is 13.9. The summed E-state index contributed by atoms with van der Waals surface area (Å²) in [6, 6.07) is 25.1. The number of benzene rings is 3. The average molecular weight is 624 g/mol. The van der Waals surface area contributed by atoms with Crippen LogP contribution in [0.4, 0.5) is 0 Å². The van der Waals surface area contributed by atoms with Crippen LogP contribution in [0.15, 0.2) is 77.7 Å². The quantitative estimate of drug-likeness (QED) is 0.154. The molecule has 6 heteroatoms. The summed E-state index contributed by atoms with van der Waals surface area (Å²) in [7, 11) is 0. The van der Waals surface area contributed by atoms with E-state index in [0.717, 1.165) is 49.4 Å². The zero-order valence-electron chi connectivity index (χ0n) is 27.3. The predicted octanol–water partition coefficient (Wildman–Crippen LogP) is 8.15. The first kappa shape index (κ1) is 33.0. The molecule has 1 saturated carbocycles. The van der Waals surface area contributed by atoms with Crippen LogP contribution in [0.5, 0.6) is 0 Å². The second-order valence-corrected chi connectivity index (χ2v) is 14.0. The summed E-state index contributed by atoms with van der Waals surface area (Å²) in [4.78, 5) is 32.2. The van der Waals surface area contributed by atoms with E-state index in [1.165, 1.54) is 47.9 Å². The summed E-state index contributed by atoms with van der Waals surface area (Å²) < 4.78 is 0. The number of carbonyl (C=O) groups is 2. The van der Waals surface area contributed by atoms with Crippen molar-refractivity contribution in [2.75, 3.05) is 19.6 Å². The third-order valence-electron chi connectivity index (χ3n) is 9.15. The highest BCUT2D eigenvalue weighted by Crippen LogP contribution is 2.43. The highest BCUT2D eigenvalue weighted by molar-refractivity contribution is 8.04. The van der Waals surface area contributed by atoms with Gasteiger partial charge in [0.2, 0.25) is 0 Å². The van der Waals surface area contributed by atoms with Crippen LogP contribution in [0.2, 0.25) is 0 Å². The number of aryl methyl sites for hydroxylation is 2. The summed E-state index contributed by atoms with van der Waals surface area (Å²) in [5, 5.41) is 3.54. The zero-order valence-corrected chi connectivity index (χ0v) is 28.1. The number of nitrogens with one attached hydrogen (secondary N) is 1. The summed E-state index contributed by atoms with van der Waals surface area (Å²) in [5.74, 6) is 0.0800. The Morgan fingerprint density at radius 1 is 0.978 bits per heavy atom. The van der Waals surface area contributed by atoms with Crippen LogP contribution in [0.1, 0.15) is 90.0 Å². The molecule has 5 nitrogen and oxygen atoms in total. The lowest BCUT2D eigenvalue weighted by atomic mass is 9.92. The molecule has 1 saturated heterocycles. The second kappa shape index (κ2) is 16.3. The first-order valence-electron chi connectivity index (χ1n) is 16.8. The number of thioether (sulfide) groups is 1. The van der Waals surface area contributed by atoms with Crippen molar-refractivity contribution in [2.24, 2.45) is 0 Å². The lowest BCUT2D eigenvalue weighted by Crippen LogP contribution is -2.50. The molecule has 238 valence electrons. The number of fused-ring (bicyclic) bond motifs is 1. The molecule has 0 radical (unpaired) electrons. The standard InChI is InChI=1S/C39H49N3O2S/c1-4-5-23-41(27-32-12-7-6-8-13-32)24-11-22-40-38(43)33-20-18-31(19-21-33)26-37-39(44)42(35-14-9-10-15-36(35)45-37)28-34-25-29(2)16-17-30(34)3/h6-8,12-13,16-21,25-26,35-36H,4-5,9-11,14-15,22-24,27-28H2,1-3H3,(H,40,43)/b37-26+. The molecule has 0 bridgehead atoms. The van der Waals surface area contributed by atoms with Crippen molar-refractivity contribution in [3.8, 4) is 0 Å². The van der Waals surface area contributed by atoms with E-state index in [-0.39, 0.29) is 17.9 Å². The van der Waals surface area contributed by atoms with Gasteiger partial charge < -0.3 is 10.2 Å². The first-order chi connectivity index (χ1) is 21.9. The van der Waals surface area contributed by atoms with E-state index in [1.54, 1.807) is 11.8 Å². The molecule has 3 aromatic rings. The second-order valence-electron chi connectivity index (χ2n) is 12.7. The van der Waals surface area contributed by atoms with Crippen molar-refractivity contribution in [1.29, 1.82) is 0 Å². The highest BCUT2D eigenvalue weighted by Gasteiger charge is 2.40. The molecule has 3 aromatic carbocycles. The molecule has 1 N–H and O–H groups in total. The molecule has 45 heavy (non-hydrogen) atoms. The maximum Gasteiger partial charge on any atom is 0.260 e. The maximum absolute atomic E-state index is 13.9. The first-order valence-corrected chi connectivity index (χ1v) is 17.7. The van der Waals surface area contributed by atoms with E-state index in [2.05, 4.69) is 84.4 Å². The molecule has 2 aliphatic rings. The molecule has 1 aliphatic carbocycles. The molecule has 2 atom stereocenters. The summed E-state index contributed by atoms with van der Waals surface area (Å²) in [6.07, 6.45) is 9.91. The summed E-state index contributed by atoms with van der Waals surface area (Å²) >= 11 is 1.76. The number of hydrogen-bond donors (Lipinski definition) is 1. The zero-order chi connectivity index (χ0) is 31.6. The van der Waals surface area contributed by atoms with E-state index in [4.69, 9.17) is 0 Å². The Labute approximate surface area is 274 Å². The lowest BCUT2D eigenvalue weighted by Gasteiger charge is -2.44. The van der Waals surface area contributed by atoms with Gasteiger partial charge in [-0.2, -0.15) is 0 Å². The van der Waals surface area contributed by atoms with Gasteiger partial charge in [0, 0.05) is 43.0 Å². The Hall–Kier alpha value is -3.35. The number of unbranched alkanes of at least 4 members (excludes halogenated alkanes) is 1. The van der Waals surface area contributed by atoms with E-state index in [9.17, 15) is 9.59 Å². The number of hydrogen-bond acceptors (Lipinski definition) is 4. The monoisotopic (exact) mass is 623 g/mol. The Bertz CT molecular complexity index is 1450. The molecular formula is C39H49N3O2S. The van der Waals surface area contributed by atoms with E-state index in [1.807, 2.05) is 30.3 Å². The molecule has 1 heterocycles. The van der Waals surface area contributed by atoms with Crippen molar-refractivity contribution >= 4 is 29.7 Å². The van der Waals surface area contributed by atoms with E-state index < -0.39 is 0 Å². The number of carbonyl (C=O) groups excluding carboxylic acids is 2. The van der Waals surface area contributed by atoms with Crippen LogP contribution < -0.4 is 5.32 Å². The minimum Gasteiger partial charge on any atom is -0.352 e. The van der Waals surface area contributed by atoms with Gasteiger partial charge in [-0.1, -0.05) is 92.4 Å². The van der Waals surface area contributed by atoms with Gasteiger partial charge in [0.1, 0.15) is 0 Å². The van der Waals surface area contributed by atoms with Crippen molar-refractivity contribution < 1.29 is 9.59 Å². The van der Waals surface area contributed by atoms with Crippen LogP contribution in [0.25, 0.3) is 6.08 Å². The molecule has 2 amide bonds. The molecular weight excluding hydrogens is 575 g/mol. The number of nitrogens with zero attached hydrogens (tertiary/aromatic N) is 2. The largest absolute Gasteiger partial charge is 0.352 e. The van der Waals surface area contributed by atoms with Gasteiger partial charge >= 0.3 is 0 Å². The van der Waals surface area contributed by atoms with Gasteiger partial charge in [-0.05, 0) is 86.5 Å². The van der Waals surface area contributed by atoms with Crippen LogP contribution in [0.3, 0.4) is 0 Å². The number of amides is 2. The van der Waals surface area contributed by atoms with Gasteiger partial charge in [-0.3, -0.25) is 14.5 Å². The van der Waals surface area contributed by atoms with Crippen LogP contribution in [0, 0.1) is 13.8 Å². The Morgan fingerprint density at radius 3 is 2.51 bits per heavy atom. The van der Waals surface area contributed by atoms with Crippen molar-refractivity contribution in [3.05, 3.63) is 111 Å². The molecule has 0 aromatic heterocycles. The topological polar surface area (TPSA) is 52.7 Å². The molecule has 2 fully saturated rings. The third-order valence-corrected chi connectivity index (χ3v) is 10.5. The van der Waals surface area contributed by atoms with Crippen LogP contribution in [-0.2, 0) is 17.9 Å². The minimum atomic E-state index is -0.0507. The third kappa shape index (κ3) is 9.11. The predicted molar refractivity (Wildman–Crippen MR) is 188 cm³/mol. The minimum absolute atomic E-state index is 0.0507. The molecule has 2 unspecified atom stereocenters. The Kier molecular flexibility index (Phi) is 11.9. The van der Waals surface area contributed by atoms with Crippen LogP contribution >= 0.6 is 11.8 Å². The SMILES string of the molecule is CCCCN(CCCNC(=O)c1ccc(/C=C2/SC3CCCCC3N(Cc3cc(C)ccc3C)C2=O)cc1)Cc1ccccc1. The Balaban J connectivity index is 1.18. The fraction of sp³-hybridized carbons (Fsp3) is 0.436. The van der Waals surface area contributed by atoms with E-state index >= 15 is 0 Å².